The van der Waals surface area contributed by atoms with Crippen molar-refractivity contribution in [3.8, 4) is 0 Å². The molecule has 0 spiro atoms. The van der Waals surface area contributed by atoms with Gasteiger partial charge in [0.1, 0.15) is 0 Å². The minimum absolute atomic E-state index is 0.0139. The summed E-state index contributed by atoms with van der Waals surface area (Å²) in [6.45, 7) is 4.92. The highest BCUT2D eigenvalue weighted by Crippen LogP contribution is 2.18. The van der Waals surface area contributed by atoms with E-state index in [0.717, 1.165) is 38.5 Å². The molecule has 0 aromatic carbocycles. The number of aliphatic hydroxyl groups is 2. The third-order valence-electron chi connectivity index (χ3n) is 15.0. The van der Waals surface area contributed by atoms with Crippen molar-refractivity contribution in [1.82, 2.24) is 5.32 Å². The van der Waals surface area contributed by atoms with Crippen molar-refractivity contribution in [3.63, 3.8) is 0 Å². The highest BCUT2D eigenvalue weighted by atomic mass is 16.5. The summed E-state index contributed by atoms with van der Waals surface area (Å²) in [5, 5.41) is 23.2. The maximum atomic E-state index is 12.5. The molecule has 0 aliphatic rings. The number of hydrogen-bond donors (Lipinski definition) is 3. The third kappa shape index (κ3) is 57.5. The molecule has 0 radical (unpaired) electrons. The summed E-state index contributed by atoms with van der Waals surface area (Å²) in [5.74, 6) is -0.0534. The number of carbonyl (C=O) groups excluding carboxylic acids is 2. The number of amides is 1. The van der Waals surface area contributed by atoms with Gasteiger partial charge in [0, 0.05) is 12.8 Å². The number of hydrogen-bond acceptors (Lipinski definition) is 5. The molecule has 2 unspecified atom stereocenters. The molecule has 6 nitrogen and oxygen atoms in total. The van der Waals surface area contributed by atoms with Crippen molar-refractivity contribution in [2.75, 3.05) is 13.2 Å². The van der Waals surface area contributed by atoms with Crippen LogP contribution in [0.3, 0.4) is 0 Å². The first-order valence-corrected chi connectivity index (χ1v) is 32.1. The molecule has 3 N–H and O–H groups in total. The van der Waals surface area contributed by atoms with Crippen LogP contribution in [0.5, 0.6) is 0 Å². The smallest absolute Gasteiger partial charge is 0.305 e. The van der Waals surface area contributed by atoms with E-state index in [1.807, 2.05) is 6.08 Å². The molecule has 0 bridgehead atoms. The van der Waals surface area contributed by atoms with Gasteiger partial charge in [-0.25, -0.2) is 0 Å². The molecule has 0 saturated carbocycles. The van der Waals surface area contributed by atoms with Crippen molar-refractivity contribution >= 4 is 11.9 Å². The molecule has 0 aromatic heterocycles. The van der Waals surface area contributed by atoms with Gasteiger partial charge in [0.25, 0.3) is 0 Å². The molecule has 6 heteroatoms. The van der Waals surface area contributed by atoms with Crippen LogP contribution >= 0.6 is 0 Å². The first-order chi connectivity index (χ1) is 35.0. The fourth-order valence-electron chi connectivity index (χ4n) is 10.0. The average Bonchev–Trinajstić information content (AvgIpc) is 3.37. The van der Waals surface area contributed by atoms with Crippen LogP contribution in [0.4, 0.5) is 0 Å². The maximum Gasteiger partial charge on any atom is 0.305 e. The molecule has 0 aliphatic carbocycles. The van der Waals surface area contributed by atoms with E-state index >= 15 is 0 Å². The number of aliphatic hydroxyl groups excluding tert-OH is 2. The molecule has 2 atom stereocenters. The molecular formula is C65H125NO5. The lowest BCUT2D eigenvalue weighted by Gasteiger charge is -2.20. The second-order valence-electron chi connectivity index (χ2n) is 22.1. The average molecular weight is 1000 g/mol. The second-order valence-corrected chi connectivity index (χ2v) is 22.1. The summed E-state index contributed by atoms with van der Waals surface area (Å²) in [4.78, 5) is 24.5. The van der Waals surface area contributed by atoms with Gasteiger partial charge in [-0.3, -0.25) is 9.59 Å². The quantitative estimate of drug-likeness (QED) is 0.0320. The van der Waals surface area contributed by atoms with Gasteiger partial charge in [-0.15, -0.1) is 0 Å². The Labute approximate surface area is 443 Å². The lowest BCUT2D eigenvalue weighted by molar-refractivity contribution is -0.143. The molecule has 0 fully saturated rings. The Kier molecular flexibility index (Phi) is 59.5. The van der Waals surface area contributed by atoms with Crippen LogP contribution in [0.1, 0.15) is 354 Å². The first kappa shape index (κ1) is 69.3. The monoisotopic (exact) mass is 1000 g/mol. The van der Waals surface area contributed by atoms with Crippen molar-refractivity contribution < 1.29 is 24.5 Å². The van der Waals surface area contributed by atoms with Gasteiger partial charge >= 0.3 is 5.97 Å². The molecule has 0 aliphatic heterocycles. The zero-order valence-electron chi connectivity index (χ0n) is 48.0. The Bertz CT molecular complexity index is 1110. The fourth-order valence-corrected chi connectivity index (χ4v) is 10.0. The molecular weight excluding hydrogens is 875 g/mol. The molecule has 0 heterocycles. The van der Waals surface area contributed by atoms with Gasteiger partial charge in [0.15, 0.2) is 0 Å². The Morgan fingerprint density at radius 1 is 0.380 bits per heavy atom. The van der Waals surface area contributed by atoms with Crippen LogP contribution < -0.4 is 5.32 Å². The molecule has 420 valence electrons. The van der Waals surface area contributed by atoms with Crippen molar-refractivity contribution in [1.29, 1.82) is 0 Å². The third-order valence-corrected chi connectivity index (χ3v) is 15.0. The Balaban J connectivity index is 3.42. The van der Waals surface area contributed by atoms with Gasteiger partial charge in [-0.1, -0.05) is 308 Å². The minimum Gasteiger partial charge on any atom is -0.466 e. The van der Waals surface area contributed by atoms with Gasteiger partial charge in [0.05, 0.1) is 25.4 Å². The van der Waals surface area contributed by atoms with E-state index < -0.39 is 12.1 Å². The number of rotatable bonds is 60. The number of carbonyl (C=O) groups is 2. The summed E-state index contributed by atoms with van der Waals surface area (Å²) in [5.41, 5.74) is 0. The van der Waals surface area contributed by atoms with Gasteiger partial charge in [-0.05, 0) is 57.8 Å². The Hall–Kier alpha value is -1.66. The Morgan fingerprint density at radius 3 is 1.00 bits per heavy atom. The van der Waals surface area contributed by atoms with E-state index in [4.69, 9.17) is 4.74 Å². The van der Waals surface area contributed by atoms with E-state index in [2.05, 4.69) is 31.3 Å². The summed E-state index contributed by atoms with van der Waals surface area (Å²) in [6, 6.07) is -0.629. The van der Waals surface area contributed by atoms with Gasteiger partial charge < -0.3 is 20.3 Å². The summed E-state index contributed by atoms with van der Waals surface area (Å²) >= 11 is 0. The van der Waals surface area contributed by atoms with Gasteiger partial charge in [-0.2, -0.15) is 0 Å². The zero-order chi connectivity index (χ0) is 51.4. The highest BCUT2D eigenvalue weighted by molar-refractivity contribution is 5.76. The summed E-state index contributed by atoms with van der Waals surface area (Å²) in [7, 11) is 0. The normalized spacial score (nSPS) is 12.7. The van der Waals surface area contributed by atoms with E-state index in [-0.39, 0.29) is 18.5 Å². The number of ether oxygens (including phenoxy) is 1. The van der Waals surface area contributed by atoms with Crippen LogP contribution in [-0.2, 0) is 14.3 Å². The standard InChI is InChI=1S/C65H125NO5/c1-3-5-7-9-11-13-15-16-17-28-31-34-38-41-45-49-53-57-63(68)62(61-67)66-64(69)58-54-50-46-42-39-35-32-29-26-24-22-20-18-19-21-23-25-27-30-33-36-40-44-48-52-56-60-71-65(70)59-55-51-47-43-37-14-12-10-8-6-4-2/h18,20,53,57,62-63,67-68H,3-17,19,21-52,54-56,58-61H2,1-2H3,(H,66,69)/b20-18-,57-53+. The minimum atomic E-state index is -0.845. The van der Waals surface area contributed by atoms with Crippen molar-refractivity contribution in [3.05, 3.63) is 24.3 Å². The van der Waals surface area contributed by atoms with Crippen molar-refractivity contribution in [2.45, 2.75) is 366 Å². The molecule has 0 saturated heterocycles. The van der Waals surface area contributed by atoms with Crippen LogP contribution in [0.15, 0.2) is 24.3 Å². The van der Waals surface area contributed by atoms with Crippen molar-refractivity contribution in [2.24, 2.45) is 0 Å². The maximum absolute atomic E-state index is 12.5. The fraction of sp³-hybridized carbons (Fsp3) is 0.908. The topological polar surface area (TPSA) is 95.9 Å². The lowest BCUT2D eigenvalue weighted by atomic mass is 10.0. The van der Waals surface area contributed by atoms with Crippen LogP contribution in [0.25, 0.3) is 0 Å². The van der Waals surface area contributed by atoms with Gasteiger partial charge in [0.2, 0.25) is 5.91 Å². The summed E-state index contributed by atoms with van der Waals surface area (Å²) in [6.07, 6.45) is 75.1. The molecule has 1 amide bonds. The second kappa shape index (κ2) is 60.9. The molecule has 71 heavy (non-hydrogen) atoms. The molecule has 0 rings (SSSR count). The largest absolute Gasteiger partial charge is 0.466 e. The van der Waals surface area contributed by atoms with E-state index in [9.17, 15) is 19.8 Å². The zero-order valence-corrected chi connectivity index (χ0v) is 48.0. The van der Waals surface area contributed by atoms with Crippen LogP contribution in [0, 0.1) is 0 Å². The number of unbranched alkanes of at least 4 members (excludes halogenated alkanes) is 47. The number of nitrogens with one attached hydrogen (secondary N) is 1. The molecule has 0 aromatic rings. The Morgan fingerprint density at radius 2 is 0.662 bits per heavy atom. The van der Waals surface area contributed by atoms with E-state index in [1.54, 1.807) is 6.08 Å². The number of allylic oxidation sites excluding steroid dienone is 3. The lowest BCUT2D eigenvalue weighted by Crippen LogP contribution is -2.45. The van der Waals surface area contributed by atoms with Crippen LogP contribution in [-0.4, -0.2) is 47.4 Å². The highest BCUT2D eigenvalue weighted by Gasteiger charge is 2.18. The van der Waals surface area contributed by atoms with E-state index in [0.29, 0.717) is 19.4 Å². The van der Waals surface area contributed by atoms with E-state index in [1.165, 1.54) is 289 Å². The number of esters is 1. The predicted octanol–water partition coefficient (Wildman–Crippen LogP) is 20.2. The SMILES string of the molecule is CCCCCCCCCCCCCCCCC/C=C/C(O)C(CO)NC(=O)CCCCCCCCCCCC/C=C\CCCCCCCCCCCCCCOC(=O)CCCCCCCCCCCCC. The predicted molar refractivity (Wildman–Crippen MR) is 310 cm³/mol. The van der Waals surface area contributed by atoms with Crippen LogP contribution in [0.2, 0.25) is 0 Å². The summed E-state index contributed by atoms with van der Waals surface area (Å²) < 4.78 is 5.47. The first-order valence-electron chi connectivity index (χ1n) is 32.1.